The molecule has 0 saturated heterocycles. The molecule has 2 heterocycles. The number of carbonyl (C=O) groups excluding carboxylic acids is 1. The van der Waals surface area contributed by atoms with Crippen LogP contribution in [0, 0.1) is 6.92 Å². The number of rotatable bonds is 3. The van der Waals surface area contributed by atoms with Crippen molar-refractivity contribution < 1.29 is 17.7 Å². The summed E-state index contributed by atoms with van der Waals surface area (Å²) in [5.41, 5.74) is 1.07. The first-order valence-corrected chi connectivity index (χ1v) is 8.34. The zero-order valence-electron chi connectivity index (χ0n) is 13.1. The Morgan fingerprint density at radius 2 is 1.88 bits per heavy atom. The van der Waals surface area contributed by atoms with Gasteiger partial charge < -0.3 is 4.52 Å². The van der Waals surface area contributed by atoms with Crippen LogP contribution < -0.4 is 10.4 Å². The second-order valence-corrected chi connectivity index (χ2v) is 6.98. The number of benzene rings is 1. The third-order valence-corrected chi connectivity index (χ3v) is 5.10. The lowest BCUT2D eigenvalue weighted by atomic mass is 10.3. The Morgan fingerprint density at radius 3 is 2.50 bits per heavy atom. The molecule has 3 rings (SSSR count). The van der Waals surface area contributed by atoms with E-state index >= 15 is 0 Å². The topological polar surface area (TPSA) is 116 Å². The summed E-state index contributed by atoms with van der Waals surface area (Å²) in [6, 6.07) is 4.19. The van der Waals surface area contributed by atoms with Crippen LogP contribution in [0.2, 0.25) is 0 Å². The number of carbonyl (C=O) groups is 1. The summed E-state index contributed by atoms with van der Waals surface area (Å²) in [6.07, 6.45) is 1.07. The van der Waals surface area contributed by atoms with E-state index in [4.69, 9.17) is 0 Å². The average molecular weight is 350 g/mol. The van der Waals surface area contributed by atoms with Gasteiger partial charge in [0.05, 0.1) is 21.6 Å². The fourth-order valence-corrected chi connectivity index (χ4v) is 3.39. The number of aryl methyl sites for hydroxylation is 3. The molecule has 0 spiro atoms. The van der Waals surface area contributed by atoms with Gasteiger partial charge >= 0.3 is 5.69 Å². The molecule has 24 heavy (non-hydrogen) atoms. The predicted octanol–water partition coefficient (Wildman–Crippen LogP) is 0.292. The number of fused-ring (bicyclic) bond motifs is 1. The van der Waals surface area contributed by atoms with Gasteiger partial charge in [0.1, 0.15) is 11.8 Å². The number of aromatic nitrogens is 3. The van der Waals surface area contributed by atoms with Crippen LogP contribution in [-0.4, -0.2) is 28.6 Å². The minimum atomic E-state index is -4.11. The lowest BCUT2D eigenvalue weighted by molar-refractivity contribution is 0.0980. The molecule has 0 unspecified atom stereocenters. The van der Waals surface area contributed by atoms with Crippen molar-refractivity contribution in [2.24, 2.45) is 14.1 Å². The molecule has 1 aromatic carbocycles. The molecule has 2 aromatic heterocycles. The summed E-state index contributed by atoms with van der Waals surface area (Å²) in [7, 11) is -0.973. The van der Waals surface area contributed by atoms with Gasteiger partial charge in [-0.25, -0.2) is 17.9 Å². The summed E-state index contributed by atoms with van der Waals surface area (Å²) in [4.78, 5) is 23.8. The van der Waals surface area contributed by atoms with E-state index < -0.39 is 15.9 Å². The molecule has 0 aliphatic rings. The first kappa shape index (κ1) is 16.0. The van der Waals surface area contributed by atoms with Crippen LogP contribution in [-0.2, 0) is 24.1 Å². The average Bonchev–Trinajstić information content (AvgIpc) is 3.05. The number of hydrogen-bond acceptors (Lipinski definition) is 6. The Morgan fingerprint density at radius 1 is 1.21 bits per heavy atom. The standard InChI is InChI=1S/C14H14N4O5S/c1-8-10(7-23-15-8)13(19)16-24(21,22)9-4-5-11-12(6-9)18(3)14(20)17(11)2/h4-7H,1-3H3,(H,16,19). The highest BCUT2D eigenvalue weighted by atomic mass is 32.2. The van der Waals surface area contributed by atoms with Crippen LogP contribution in [0.1, 0.15) is 16.1 Å². The number of imidazole rings is 1. The SMILES string of the molecule is Cc1nocc1C(=O)NS(=O)(=O)c1ccc2c(c1)n(C)c(=O)n2C. The molecule has 10 heteroatoms. The number of sulfonamides is 1. The summed E-state index contributed by atoms with van der Waals surface area (Å²) < 4.78 is 34.2. The molecule has 0 aliphatic heterocycles. The molecule has 9 nitrogen and oxygen atoms in total. The van der Waals surface area contributed by atoms with Crippen molar-refractivity contribution in [2.45, 2.75) is 11.8 Å². The fourth-order valence-electron chi connectivity index (χ4n) is 2.40. The highest BCUT2D eigenvalue weighted by Crippen LogP contribution is 2.18. The number of amides is 1. The fraction of sp³-hybridized carbons (Fsp3) is 0.214. The van der Waals surface area contributed by atoms with Gasteiger partial charge in [0.15, 0.2) is 0 Å². The maximum absolute atomic E-state index is 12.4. The maximum Gasteiger partial charge on any atom is 0.328 e. The lowest BCUT2D eigenvalue weighted by Crippen LogP contribution is -2.30. The molecule has 0 atom stereocenters. The minimum absolute atomic E-state index is 0.0340. The van der Waals surface area contributed by atoms with Gasteiger partial charge in [0.2, 0.25) is 0 Å². The third kappa shape index (κ3) is 2.40. The zero-order valence-corrected chi connectivity index (χ0v) is 13.9. The van der Waals surface area contributed by atoms with E-state index in [1.807, 2.05) is 4.72 Å². The van der Waals surface area contributed by atoms with Gasteiger partial charge in [-0.15, -0.1) is 0 Å². The van der Waals surface area contributed by atoms with Crippen LogP contribution >= 0.6 is 0 Å². The highest BCUT2D eigenvalue weighted by Gasteiger charge is 2.22. The van der Waals surface area contributed by atoms with E-state index in [1.165, 1.54) is 34.3 Å². The number of hydrogen-bond donors (Lipinski definition) is 1. The van der Waals surface area contributed by atoms with Crippen molar-refractivity contribution in [3.05, 3.63) is 46.2 Å². The third-order valence-electron chi connectivity index (χ3n) is 3.78. The van der Waals surface area contributed by atoms with Crippen LogP contribution in [0.15, 0.2) is 38.7 Å². The molecule has 1 N–H and O–H groups in total. The summed E-state index contributed by atoms with van der Waals surface area (Å²) >= 11 is 0. The van der Waals surface area contributed by atoms with Crippen LogP contribution in [0.5, 0.6) is 0 Å². The number of nitrogens with one attached hydrogen (secondary N) is 1. The van der Waals surface area contributed by atoms with Gasteiger partial charge in [0, 0.05) is 14.1 Å². The van der Waals surface area contributed by atoms with Crippen LogP contribution in [0.25, 0.3) is 11.0 Å². The van der Waals surface area contributed by atoms with Gasteiger partial charge in [-0.2, -0.15) is 0 Å². The van der Waals surface area contributed by atoms with Crippen molar-refractivity contribution in [2.75, 3.05) is 0 Å². The van der Waals surface area contributed by atoms with Crippen molar-refractivity contribution in [3.63, 3.8) is 0 Å². The summed E-state index contributed by atoms with van der Waals surface area (Å²) in [5.74, 6) is -0.837. The van der Waals surface area contributed by atoms with Crippen molar-refractivity contribution >= 4 is 27.0 Å². The summed E-state index contributed by atoms with van der Waals surface area (Å²) in [5, 5.41) is 3.53. The molecule has 0 fully saturated rings. The van der Waals surface area contributed by atoms with E-state index in [0.29, 0.717) is 11.0 Å². The van der Waals surface area contributed by atoms with Gasteiger partial charge in [-0.1, -0.05) is 5.16 Å². The molecule has 3 aromatic rings. The van der Waals surface area contributed by atoms with Crippen LogP contribution in [0.3, 0.4) is 0 Å². The molecule has 0 bridgehead atoms. The lowest BCUT2D eigenvalue weighted by Gasteiger charge is -2.06. The second kappa shape index (κ2) is 5.34. The van der Waals surface area contributed by atoms with E-state index in [-0.39, 0.29) is 21.8 Å². The normalized spacial score (nSPS) is 11.8. The quantitative estimate of drug-likeness (QED) is 0.726. The summed E-state index contributed by atoms with van der Waals surface area (Å²) in [6.45, 7) is 1.52. The van der Waals surface area contributed by atoms with E-state index in [2.05, 4.69) is 9.68 Å². The van der Waals surface area contributed by atoms with Crippen molar-refractivity contribution in [3.8, 4) is 0 Å². The largest absolute Gasteiger partial charge is 0.364 e. The monoisotopic (exact) mass is 350 g/mol. The minimum Gasteiger partial charge on any atom is -0.364 e. The smallest absolute Gasteiger partial charge is 0.328 e. The maximum atomic E-state index is 12.4. The zero-order chi connectivity index (χ0) is 17.6. The van der Waals surface area contributed by atoms with Crippen molar-refractivity contribution in [1.82, 2.24) is 19.0 Å². The predicted molar refractivity (Wildman–Crippen MR) is 84.1 cm³/mol. The van der Waals surface area contributed by atoms with Gasteiger partial charge in [0.25, 0.3) is 15.9 Å². The number of nitrogens with zero attached hydrogens (tertiary/aromatic N) is 3. The molecular formula is C14H14N4O5S. The Kier molecular flexibility index (Phi) is 3.56. The Hall–Kier alpha value is -2.88. The first-order chi connectivity index (χ1) is 11.2. The molecule has 1 amide bonds. The van der Waals surface area contributed by atoms with Gasteiger partial charge in [-0.3, -0.25) is 13.9 Å². The van der Waals surface area contributed by atoms with Crippen molar-refractivity contribution in [1.29, 1.82) is 0 Å². The molecule has 0 aliphatic carbocycles. The molecule has 0 radical (unpaired) electrons. The van der Waals surface area contributed by atoms with E-state index in [9.17, 15) is 18.0 Å². The Labute approximate surface area is 136 Å². The molecular weight excluding hydrogens is 336 g/mol. The van der Waals surface area contributed by atoms with E-state index in [1.54, 1.807) is 14.1 Å². The molecule has 126 valence electrons. The highest BCUT2D eigenvalue weighted by molar-refractivity contribution is 7.90. The first-order valence-electron chi connectivity index (χ1n) is 6.86. The van der Waals surface area contributed by atoms with Gasteiger partial charge in [-0.05, 0) is 25.1 Å². The molecule has 0 saturated carbocycles. The van der Waals surface area contributed by atoms with E-state index in [0.717, 1.165) is 6.26 Å². The Balaban J connectivity index is 2.03. The second-order valence-electron chi connectivity index (χ2n) is 5.30. The van der Waals surface area contributed by atoms with Crippen LogP contribution in [0.4, 0.5) is 0 Å². The Bertz CT molecular complexity index is 1120.